The second-order valence-corrected chi connectivity index (χ2v) is 5.66. The number of anilines is 1. The zero-order valence-corrected chi connectivity index (χ0v) is 10.5. The highest BCUT2D eigenvalue weighted by molar-refractivity contribution is 5.75. The van der Waals surface area contributed by atoms with Crippen LogP contribution in [0, 0.1) is 0 Å². The molecule has 0 aliphatic heterocycles. The maximum Gasteiger partial charge on any atom is 0.160 e. The number of hydrogen-bond donors (Lipinski definition) is 1. The monoisotopic (exact) mass is 242 g/mol. The standard InChI is InChI=1S/C14H18N4/c15-10-7-12-14(16-8-10)18(11-5-6-11)13(17-12)9-3-1-2-4-9/h7-9,11H,1-6,15H2. The number of rotatable bonds is 2. The van der Waals surface area contributed by atoms with Crippen molar-refractivity contribution in [3.8, 4) is 0 Å². The number of aromatic nitrogens is 3. The summed E-state index contributed by atoms with van der Waals surface area (Å²) in [6, 6.07) is 2.60. The fourth-order valence-electron chi connectivity index (χ4n) is 3.18. The summed E-state index contributed by atoms with van der Waals surface area (Å²) in [5.41, 5.74) is 8.54. The molecule has 2 aliphatic carbocycles. The Morgan fingerprint density at radius 1 is 1.17 bits per heavy atom. The second-order valence-electron chi connectivity index (χ2n) is 5.66. The Kier molecular flexibility index (Phi) is 2.13. The van der Waals surface area contributed by atoms with Gasteiger partial charge in [-0.2, -0.15) is 0 Å². The predicted octanol–water partition coefficient (Wildman–Crippen LogP) is 3.01. The Labute approximate surface area is 106 Å². The van der Waals surface area contributed by atoms with Crippen LogP contribution in [0.1, 0.15) is 56.3 Å². The van der Waals surface area contributed by atoms with Crippen LogP contribution in [0.25, 0.3) is 11.2 Å². The van der Waals surface area contributed by atoms with Gasteiger partial charge in [0, 0.05) is 12.0 Å². The zero-order chi connectivity index (χ0) is 12.1. The van der Waals surface area contributed by atoms with Crippen LogP contribution in [-0.2, 0) is 0 Å². The van der Waals surface area contributed by atoms with Crippen molar-refractivity contribution in [1.82, 2.24) is 14.5 Å². The molecule has 0 aromatic carbocycles. The molecule has 0 radical (unpaired) electrons. The van der Waals surface area contributed by atoms with Crippen molar-refractivity contribution in [1.29, 1.82) is 0 Å². The molecule has 2 fully saturated rings. The van der Waals surface area contributed by atoms with Gasteiger partial charge in [0.15, 0.2) is 5.65 Å². The van der Waals surface area contributed by atoms with Crippen molar-refractivity contribution >= 4 is 16.9 Å². The zero-order valence-electron chi connectivity index (χ0n) is 10.5. The quantitative estimate of drug-likeness (QED) is 0.880. The Morgan fingerprint density at radius 2 is 1.94 bits per heavy atom. The molecule has 2 aromatic heterocycles. The number of fused-ring (bicyclic) bond motifs is 1. The van der Waals surface area contributed by atoms with Gasteiger partial charge in [-0.05, 0) is 31.7 Å². The van der Waals surface area contributed by atoms with Gasteiger partial charge in [-0.25, -0.2) is 9.97 Å². The Bertz CT molecular complexity index is 591. The number of pyridine rings is 1. The van der Waals surface area contributed by atoms with Crippen molar-refractivity contribution in [2.45, 2.75) is 50.5 Å². The average Bonchev–Trinajstić information content (AvgIpc) is 2.92. The molecule has 0 spiro atoms. The van der Waals surface area contributed by atoms with Gasteiger partial charge >= 0.3 is 0 Å². The van der Waals surface area contributed by atoms with E-state index in [1.54, 1.807) is 6.20 Å². The average molecular weight is 242 g/mol. The molecule has 0 saturated heterocycles. The molecule has 0 unspecified atom stereocenters. The van der Waals surface area contributed by atoms with Gasteiger partial charge in [0.2, 0.25) is 0 Å². The normalized spacial score (nSPS) is 20.9. The summed E-state index contributed by atoms with van der Waals surface area (Å²) < 4.78 is 2.39. The van der Waals surface area contributed by atoms with E-state index < -0.39 is 0 Å². The minimum Gasteiger partial charge on any atom is -0.397 e. The Morgan fingerprint density at radius 3 is 2.67 bits per heavy atom. The molecule has 0 amide bonds. The maximum absolute atomic E-state index is 5.82. The van der Waals surface area contributed by atoms with Gasteiger partial charge < -0.3 is 10.3 Å². The molecular formula is C14H18N4. The molecule has 2 aromatic rings. The van der Waals surface area contributed by atoms with Crippen molar-refractivity contribution in [2.24, 2.45) is 0 Å². The third-order valence-corrected chi connectivity index (χ3v) is 4.21. The number of hydrogen-bond acceptors (Lipinski definition) is 3. The van der Waals surface area contributed by atoms with Gasteiger partial charge in [-0.15, -0.1) is 0 Å². The first-order valence-electron chi connectivity index (χ1n) is 6.96. The van der Waals surface area contributed by atoms with Gasteiger partial charge in [0.25, 0.3) is 0 Å². The first-order valence-corrected chi connectivity index (χ1v) is 6.96. The predicted molar refractivity (Wildman–Crippen MR) is 71.4 cm³/mol. The molecule has 2 N–H and O–H groups in total. The topological polar surface area (TPSA) is 56.7 Å². The van der Waals surface area contributed by atoms with Crippen LogP contribution >= 0.6 is 0 Å². The highest BCUT2D eigenvalue weighted by Gasteiger charge is 2.32. The van der Waals surface area contributed by atoms with E-state index in [2.05, 4.69) is 9.55 Å². The minimum absolute atomic E-state index is 0.640. The van der Waals surface area contributed by atoms with Crippen molar-refractivity contribution in [2.75, 3.05) is 5.73 Å². The molecule has 4 nitrogen and oxygen atoms in total. The van der Waals surface area contributed by atoms with E-state index in [1.165, 1.54) is 44.3 Å². The van der Waals surface area contributed by atoms with Gasteiger partial charge in [0.05, 0.1) is 11.9 Å². The van der Waals surface area contributed by atoms with E-state index in [4.69, 9.17) is 10.7 Å². The van der Waals surface area contributed by atoms with Crippen molar-refractivity contribution < 1.29 is 0 Å². The largest absolute Gasteiger partial charge is 0.397 e. The van der Waals surface area contributed by atoms with E-state index >= 15 is 0 Å². The molecule has 18 heavy (non-hydrogen) atoms. The van der Waals surface area contributed by atoms with E-state index in [0.29, 0.717) is 17.6 Å². The first kappa shape index (κ1) is 10.4. The highest BCUT2D eigenvalue weighted by Crippen LogP contribution is 2.43. The Hall–Kier alpha value is -1.58. The highest BCUT2D eigenvalue weighted by atomic mass is 15.2. The maximum atomic E-state index is 5.82. The van der Waals surface area contributed by atoms with Crippen LogP contribution in [0.2, 0.25) is 0 Å². The molecule has 2 saturated carbocycles. The van der Waals surface area contributed by atoms with Crippen LogP contribution in [0.5, 0.6) is 0 Å². The van der Waals surface area contributed by atoms with Crippen molar-refractivity contribution in [3.05, 3.63) is 18.1 Å². The molecule has 94 valence electrons. The van der Waals surface area contributed by atoms with Crippen molar-refractivity contribution in [3.63, 3.8) is 0 Å². The second kappa shape index (κ2) is 3.70. The lowest BCUT2D eigenvalue weighted by molar-refractivity contribution is 0.599. The summed E-state index contributed by atoms with van der Waals surface area (Å²) >= 11 is 0. The molecular weight excluding hydrogens is 224 g/mol. The van der Waals surface area contributed by atoms with E-state index in [-0.39, 0.29) is 0 Å². The SMILES string of the molecule is Nc1cnc2c(c1)nc(C1CCCC1)n2C1CC1. The third kappa shape index (κ3) is 1.51. The summed E-state index contributed by atoms with van der Waals surface area (Å²) in [5.74, 6) is 1.91. The number of nitrogens with two attached hydrogens (primary N) is 1. The summed E-state index contributed by atoms with van der Waals surface area (Å²) in [5, 5.41) is 0. The molecule has 0 bridgehead atoms. The van der Waals surface area contributed by atoms with Crippen LogP contribution in [-0.4, -0.2) is 14.5 Å². The third-order valence-electron chi connectivity index (χ3n) is 4.21. The van der Waals surface area contributed by atoms with Crippen LogP contribution in [0.3, 0.4) is 0 Å². The van der Waals surface area contributed by atoms with Crippen LogP contribution in [0.4, 0.5) is 5.69 Å². The summed E-state index contributed by atoms with van der Waals surface area (Å²) in [4.78, 5) is 9.35. The summed E-state index contributed by atoms with van der Waals surface area (Å²) in [7, 11) is 0. The number of nitrogens with zero attached hydrogens (tertiary/aromatic N) is 3. The van der Waals surface area contributed by atoms with Gasteiger partial charge in [-0.3, -0.25) is 0 Å². The molecule has 4 rings (SSSR count). The fourth-order valence-corrected chi connectivity index (χ4v) is 3.18. The van der Waals surface area contributed by atoms with Crippen LogP contribution < -0.4 is 5.73 Å². The smallest absolute Gasteiger partial charge is 0.160 e. The first-order chi connectivity index (χ1) is 8.83. The number of imidazole rings is 1. The van der Waals surface area contributed by atoms with Crippen LogP contribution in [0.15, 0.2) is 12.3 Å². The van der Waals surface area contributed by atoms with E-state index in [0.717, 1.165) is 11.2 Å². The van der Waals surface area contributed by atoms with Gasteiger partial charge in [-0.1, -0.05) is 12.8 Å². The molecule has 2 aliphatic rings. The lowest BCUT2D eigenvalue weighted by atomic mass is 10.1. The van der Waals surface area contributed by atoms with E-state index in [1.807, 2.05) is 6.07 Å². The van der Waals surface area contributed by atoms with E-state index in [9.17, 15) is 0 Å². The van der Waals surface area contributed by atoms with Gasteiger partial charge in [0.1, 0.15) is 11.3 Å². The Balaban J connectivity index is 1.91. The lowest BCUT2D eigenvalue weighted by Gasteiger charge is -2.11. The molecule has 4 heteroatoms. The summed E-state index contributed by atoms with van der Waals surface area (Å²) in [6.07, 6.45) is 9.55. The fraction of sp³-hybridized carbons (Fsp3) is 0.571. The number of nitrogen functional groups attached to an aromatic ring is 1. The lowest BCUT2D eigenvalue weighted by Crippen LogP contribution is -2.06. The molecule has 2 heterocycles. The molecule has 0 atom stereocenters. The minimum atomic E-state index is 0.640. The summed E-state index contributed by atoms with van der Waals surface area (Å²) in [6.45, 7) is 0.